The molecule has 0 N–H and O–H groups in total. The van der Waals surface area contributed by atoms with Crippen LogP contribution in [0.1, 0.15) is 24.3 Å². The molecule has 1 saturated heterocycles. The topological polar surface area (TPSA) is 51.4 Å². The van der Waals surface area contributed by atoms with Crippen LogP contribution < -0.4 is 4.74 Å². The van der Waals surface area contributed by atoms with Gasteiger partial charge in [-0.25, -0.2) is 0 Å². The molecule has 0 saturated carbocycles. The van der Waals surface area contributed by atoms with E-state index in [2.05, 4.69) is 45.4 Å². The fraction of sp³-hybridized carbons (Fsp3) is 0.333. The summed E-state index contributed by atoms with van der Waals surface area (Å²) in [6, 6.07) is 18.9. The lowest BCUT2D eigenvalue weighted by molar-refractivity contribution is 0.210. The number of ether oxygens (including phenoxy) is 1. The van der Waals surface area contributed by atoms with Crippen molar-refractivity contribution in [2.75, 3.05) is 13.7 Å². The summed E-state index contributed by atoms with van der Waals surface area (Å²) in [6.07, 6.45) is 3.49. The maximum Gasteiger partial charge on any atom is 0.241 e. The summed E-state index contributed by atoms with van der Waals surface area (Å²) < 4.78 is 10.9. The largest absolute Gasteiger partial charge is 0.496 e. The van der Waals surface area contributed by atoms with Gasteiger partial charge in [-0.3, -0.25) is 4.90 Å². The van der Waals surface area contributed by atoms with Crippen molar-refractivity contribution in [3.8, 4) is 17.1 Å². The molecule has 5 nitrogen and oxygen atoms in total. The fourth-order valence-corrected chi connectivity index (χ4v) is 3.65. The Morgan fingerprint density at radius 2 is 1.92 bits per heavy atom. The number of hydrogen-bond acceptors (Lipinski definition) is 5. The zero-order chi connectivity index (χ0) is 17.8. The van der Waals surface area contributed by atoms with Crippen LogP contribution in [0.15, 0.2) is 59.1 Å². The molecule has 2 heterocycles. The third-order valence-corrected chi connectivity index (χ3v) is 4.97. The molecule has 1 aromatic heterocycles. The summed E-state index contributed by atoms with van der Waals surface area (Å²) in [7, 11) is 1.65. The molecule has 0 spiro atoms. The lowest BCUT2D eigenvalue weighted by atomic mass is 10.0. The van der Waals surface area contributed by atoms with Gasteiger partial charge in [0.2, 0.25) is 11.7 Å². The molecule has 4 rings (SSSR count). The SMILES string of the molecule is COc1ccccc1-c1noc(CN2CCCC2Cc2ccccc2)n1. The first-order chi connectivity index (χ1) is 12.8. The molecule has 1 fully saturated rings. The molecule has 0 amide bonds. The highest BCUT2D eigenvalue weighted by Gasteiger charge is 2.26. The van der Waals surface area contributed by atoms with Gasteiger partial charge in [-0.2, -0.15) is 4.98 Å². The van der Waals surface area contributed by atoms with Crippen molar-refractivity contribution in [3.63, 3.8) is 0 Å². The molecule has 1 unspecified atom stereocenters. The molecule has 2 aromatic carbocycles. The van der Waals surface area contributed by atoms with E-state index in [1.165, 1.54) is 18.4 Å². The first kappa shape index (κ1) is 16.8. The van der Waals surface area contributed by atoms with Crippen LogP contribution in [0.5, 0.6) is 5.75 Å². The van der Waals surface area contributed by atoms with E-state index >= 15 is 0 Å². The number of nitrogens with zero attached hydrogens (tertiary/aromatic N) is 3. The molecular weight excluding hydrogens is 326 g/mol. The number of aromatic nitrogens is 2. The van der Waals surface area contributed by atoms with Crippen LogP contribution in [0.2, 0.25) is 0 Å². The first-order valence-corrected chi connectivity index (χ1v) is 9.07. The molecule has 0 bridgehead atoms. The quantitative estimate of drug-likeness (QED) is 0.674. The molecule has 0 radical (unpaired) electrons. The first-order valence-electron chi connectivity index (χ1n) is 9.07. The molecule has 0 aliphatic carbocycles. The lowest BCUT2D eigenvalue weighted by Gasteiger charge is -2.22. The standard InChI is InChI=1S/C21H23N3O2/c1-25-19-12-6-5-11-18(19)21-22-20(26-23-21)15-24-13-7-10-17(24)14-16-8-3-2-4-9-16/h2-6,8-9,11-12,17H,7,10,13-15H2,1H3. The van der Waals surface area contributed by atoms with Gasteiger partial charge >= 0.3 is 0 Å². The van der Waals surface area contributed by atoms with Gasteiger partial charge in [-0.15, -0.1) is 0 Å². The van der Waals surface area contributed by atoms with Crippen LogP contribution in [-0.4, -0.2) is 34.7 Å². The summed E-state index contributed by atoms with van der Waals surface area (Å²) in [5.41, 5.74) is 2.23. The molecule has 134 valence electrons. The van der Waals surface area contributed by atoms with Crippen LogP contribution in [0, 0.1) is 0 Å². The second kappa shape index (κ2) is 7.70. The third-order valence-electron chi connectivity index (χ3n) is 4.97. The van der Waals surface area contributed by atoms with Crippen molar-refractivity contribution in [2.45, 2.75) is 31.8 Å². The van der Waals surface area contributed by atoms with E-state index in [9.17, 15) is 0 Å². The van der Waals surface area contributed by atoms with Crippen molar-refractivity contribution in [1.82, 2.24) is 15.0 Å². The minimum absolute atomic E-state index is 0.527. The number of benzene rings is 2. The van der Waals surface area contributed by atoms with Crippen LogP contribution in [0.25, 0.3) is 11.4 Å². The van der Waals surface area contributed by atoms with Crippen LogP contribution in [0.3, 0.4) is 0 Å². The van der Waals surface area contributed by atoms with E-state index in [1.54, 1.807) is 7.11 Å². The minimum Gasteiger partial charge on any atom is -0.496 e. The van der Waals surface area contributed by atoms with Crippen LogP contribution in [-0.2, 0) is 13.0 Å². The van der Waals surface area contributed by atoms with Gasteiger partial charge in [0.25, 0.3) is 0 Å². The molecule has 1 aliphatic heterocycles. The van der Waals surface area contributed by atoms with Gasteiger partial charge in [0.15, 0.2) is 0 Å². The lowest BCUT2D eigenvalue weighted by Crippen LogP contribution is -2.30. The van der Waals surface area contributed by atoms with E-state index in [4.69, 9.17) is 9.26 Å². The van der Waals surface area contributed by atoms with Crippen molar-refractivity contribution in [3.05, 3.63) is 66.1 Å². The maximum atomic E-state index is 5.52. The second-order valence-electron chi connectivity index (χ2n) is 6.67. The molecular formula is C21H23N3O2. The molecule has 5 heteroatoms. The zero-order valence-electron chi connectivity index (χ0n) is 15.0. The van der Waals surface area contributed by atoms with Gasteiger partial charge in [0.1, 0.15) is 5.75 Å². The number of likely N-dealkylation sites (tertiary alicyclic amines) is 1. The van der Waals surface area contributed by atoms with Crippen molar-refractivity contribution in [1.29, 1.82) is 0 Å². The predicted octanol–water partition coefficient (Wildman–Crippen LogP) is 3.95. The Morgan fingerprint density at radius 1 is 1.12 bits per heavy atom. The molecule has 3 aromatic rings. The van der Waals surface area contributed by atoms with E-state index in [0.29, 0.717) is 24.3 Å². The summed E-state index contributed by atoms with van der Waals surface area (Å²) in [4.78, 5) is 7.05. The van der Waals surface area contributed by atoms with E-state index in [-0.39, 0.29) is 0 Å². The van der Waals surface area contributed by atoms with Gasteiger partial charge in [-0.1, -0.05) is 47.6 Å². The average molecular weight is 349 g/mol. The van der Waals surface area contributed by atoms with Crippen molar-refractivity contribution in [2.24, 2.45) is 0 Å². The molecule has 1 aliphatic rings. The summed E-state index contributed by atoms with van der Waals surface area (Å²) >= 11 is 0. The molecule has 26 heavy (non-hydrogen) atoms. The Morgan fingerprint density at radius 3 is 2.77 bits per heavy atom. The van der Waals surface area contributed by atoms with Gasteiger partial charge < -0.3 is 9.26 Å². The maximum absolute atomic E-state index is 5.52. The number of para-hydroxylation sites is 1. The number of rotatable bonds is 6. The minimum atomic E-state index is 0.527. The Hall–Kier alpha value is -2.66. The Kier molecular flexibility index (Phi) is 4.97. The fourth-order valence-electron chi connectivity index (χ4n) is 3.65. The van der Waals surface area contributed by atoms with Gasteiger partial charge in [-0.05, 0) is 43.5 Å². The monoisotopic (exact) mass is 349 g/mol. The highest BCUT2D eigenvalue weighted by atomic mass is 16.5. The predicted molar refractivity (Wildman–Crippen MR) is 99.9 cm³/mol. The van der Waals surface area contributed by atoms with Crippen LogP contribution in [0.4, 0.5) is 0 Å². The van der Waals surface area contributed by atoms with Gasteiger partial charge in [0.05, 0.1) is 19.2 Å². The average Bonchev–Trinajstić information content (AvgIpc) is 3.33. The summed E-state index contributed by atoms with van der Waals surface area (Å²) in [5, 5.41) is 4.15. The second-order valence-corrected chi connectivity index (χ2v) is 6.67. The van der Waals surface area contributed by atoms with Gasteiger partial charge in [0, 0.05) is 6.04 Å². The number of hydrogen-bond donors (Lipinski definition) is 0. The van der Waals surface area contributed by atoms with Crippen molar-refractivity contribution >= 4 is 0 Å². The zero-order valence-corrected chi connectivity index (χ0v) is 15.0. The highest BCUT2D eigenvalue weighted by molar-refractivity contribution is 5.63. The Bertz CT molecular complexity index is 847. The third kappa shape index (κ3) is 3.63. The summed E-state index contributed by atoms with van der Waals surface area (Å²) in [5.74, 6) is 1.99. The van der Waals surface area contributed by atoms with E-state index in [0.717, 1.165) is 24.3 Å². The smallest absolute Gasteiger partial charge is 0.241 e. The summed E-state index contributed by atoms with van der Waals surface area (Å²) in [6.45, 7) is 1.77. The highest BCUT2D eigenvalue weighted by Crippen LogP contribution is 2.28. The number of methoxy groups -OCH3 is 1. The normalized spacial score (nSPS) is 17.5. The molecule has 1 atom stereocenters. The van der Waals surface area contributed by atoms with Crippen molar-refractivity contribution < 1.29 is 9.26 Å². The Balaban J connectivity index is 1.46. The Labute approximate surface area is 153 Å². The van der Waals surface area contributed by atoms with E-state index in [1.807, 2.05) is 24.3 Å². The van der Waals surface area contributed by atoms with Crippen LogP contribution >= 0.6 is 0 Å². The van der Waals surface area contributed by atoms with E-state index < -0.39 is 0 Å².